The Kier molecular flexibility index (Phi) is 6.95. The van der Waals surface area contributed by atoms with Crippen molar-refractivity contribution in [2.24, 2.45) is 5.92 Å². The fraction of sp³-hybridized carbons (Fsp3) is 0.875. The van der Waals surface area contributed by atoms with Crippen molar-refractivity contribution < 1.29 is 0 Å². The summed E-state index contributed by atoms with van der Waals surface area (Å²) in [6, 6.07) is 0. The molecule has 0 nitrogen and oxygen atoms in total. The maximum absolute atomic E-state index is 3.34. The van der Waals surface area contributed by atoms with E-state index >= 15 is 0 Å². The van der Waals surface area contributed by atoms with Crippen LogP contribution in [-0.4, -0.2) is 0 Å². The van der Waals surface area contributed by atoms with Crippen molar-refractivity contribution in [1.82, 2.24) is 0 Å². The summed E-state index contributed by atoms with van der Waals surface area (Å²) >= 11 is 3.34. The molecule has 0 bridgehead atoms. The Morgan fingerprint density at radius 3 is 2.44 bits per heavy atom. The molecule has 0 saturated carbocycles. The van der Waals surface area contributed by atoms with E-state index in [1.807, 2.05) is 0 Å². The molecule has 0 aliphatic rings. The van der Waals surface area contributed by atoms with Crippen LogP contribution in [0, 0.1) is 11.2 Å². The van der Waals surface area contributed by atoms with E-state index in [1.165, 1.54) is 25.7 Å². The molecule has 55 valence electrons. The number of rotatable bonds is 5. The van der Waals surface area contributed by atoms with Crippen LogP contribution >= 0.6 is 15.9 Å². The number of hydrogen-bond acceptors (Lipinski definition) is 0. The van der Waals surface area contributed by atoms with Gasteiger partial charge < -0.3 is 0 Å². The van der Waals surface area contributed by atoms with Gasteiger partial charge >= 0.3 is 0 Å². The predicted molar refractivity (Wildman–Crippen MR) is 46.5 cm³/mol. The zero-order valence-electron chi connectivity index (χ0n) is 6.36. The van der Waals surface area contributed by atoms with Gasteiger partial charge in [-0.1, -0.05) is 49.0 Å². The third-order valence-corrected chi connectivity index (χ3v) is 2.07. The van der Waals surface area contributed by atoms with Crippen molar-refractivity contribution in [3.63, 3.8) is 0 Å². The van der Waals surface area contributed by atoms with Crippen LogP contribution in [0.3, 0.4) is 0 Å². The third-order valence-electron chi connectivity index (χ3n) is 1.70. The smallest absolute Gasteiger partial charge is 0.0273 e. The van der Waals surface area contributed by atoms with Crippen LogP contribution in [0.4, 0.5) is 0 Å². The van der Waals surface area contributed by atoms with Crippen LogP contribution < -0.4 is 0 Å². The molecular weight excluding hydrogens is 176 g/mol. The molecule has 1 unspecified atom stereocenters. The van der Waals surface area contributed by atoms with Crippen LogP contribution in [0.5, 0.6) is 0 Å². The molecule has 0 fully saturated rings. The Bertz CT molecular complexity index is 46.5. The van der Waals surface area contributed by atoms with Gasteiger partial charge in [-0.15, -0.1) is 0 Å². The van der Waals surface area contributed by atoms with E-state index in [0.29, 0.717) is 0 Å². The van der Waals surface area contributed by atoms with Crippen molar-refractivity contribution in [2.75, 3.05) is 0 Å². The Balaban J connectivity index is 3.18. The summed E-state index contributed by atoms with van der Waals surface area (Å²) in [5, 5.41) is 2.09. The minimum Gasteiger partial charge on any atom is -0.0878 e. The second kappa shape index (κ2) is 6.60. The van der Waals surface area contributed by atoms with Crippen LogP contribution in [-0.2, 0) is 0 Å². The largest absolute Gasteiger partial charge is 0.0878 e. The van der Waals surface area contributed by atoms with Gasteiger partial charge in [-0.3, -0.25) is 0 Å². The van der Waals surface area contributed by atoms with Gasteiger partial charge in [0.1, 0.15) is 0 Å². The van der Waals surface area contributed by atoms with E-state index in [-0.39, 0.29) is 0 Å². The molecule has 0 aliphatic heterocycles. The molecule has 0 aliphatic carbocycles. The molecule has 0 heterocycles. The maximum Gasteiger partial charge on any atom is 0.0273 e. The SMILES string of the molecule is CCCC(CC)C[CH]Br. The predicted octanol–water partition coefficient (Wildman–Crippen LogP) is 3.76. The number of halogens is 1. The first-order valence-electron chi connectivity index (χ1n) is 3.77. The molecule has 1 radical (unpaired) electrons. The molecule has 0 aromatic carbocycles. The van der Waals surface area contributed by atoms with Crippen LogP contribution in [0.1, 0.15) is 39.5 Å². The van der Waals surface area contributed by atoms with E-state index in [2.05, 4.69) is 35.1 Å². The van der Waals surface area contributed by atoms with Gasteiger partial charge in [0.15, 0.2) is 0 Å². The van der Waals surface area contributed by atoms with E-state index in [4.69, 9.17) is 0 Å². The van der Waals surface area contributed by atoms with E-state index in [0.717, 1.165) is 5.92 Å². The molecule has 0 saturated heterocycles. The average molecular weight is 192 g/mol. The minimum atomic E-state index is 0.911. The topological polar surface area (TPSA) is 0 Å². The lowest BCUT2D eigenvalue weighted by Crippen LogP contribution is -1.95. The molecule has 9 heavy (non-hydrogen) atoms. The molecule has 0 aromatic rings. The number of hydrogen-bond donors (Lipinski definition) is 0. The monoisotopic (exact) mass is 191 g/mol. The van der Waals surface area contributed by atoms with Gasteiger partial charge in [0.25, 0.3) is 0 Å². The normalized spacial score (nSPS) is 13.7. The summed E-state index contributed by atoms with van der Waals surface area (Å²) in [6.07, 6.45) is 5.23. The van der Waals surface area contributed by atoms with E-state index < -0.39 is 0 Å². The van der Waals surface area contributed by atoms with Crippen LogP contribution in [0.25, 0.3) is 0 Å². The summed E-state index contributed by atoms with van der Waals surface area (Å²) in [7, 11) is 0. The van der Waals surface area contributed by atoms with Crippen molar-refractivity contribution in [3.8, 4) is 0 Å². The first-order chi connectivity index (χ1) is 4.35. The third kappa shape index (κ3) is 4.95. The molecule has 0 N–H and O–H groups in total. The fourth-order valence-electron chi connectivity index (χ4n) is 1.02. The van der Waals surface area contributed by atoms with Crippen molar-refractivity contribution in [2.45, 2.75) is 39.5 Å². The molecule has 1 atom stereocenters. The average Bonchev–Trinajstić information content (AvgIpc) is 1.88. The lowest BCUT2D eigenvalue weighted by molar-refractivity contribution is 0.467. The Labute approximate surface area is 67.2 Å². The molecular formula is C8H16Br. The molecule has 0 spiro atoms. The second-order valence-electron chi connectivity index (χ2n) is 2.45. The lowest BCUT2D eigenvalue weighted by atomic mass is 9.98. The molecule has 0 aromatic heterocycles. The molecule has 1 heteroatoms. The highest BCUT2D eigenvalue weighted by atomic mass is 79.9. The second-order valence-corrected chi connectivity index (χ2v) is 3.10. The quantitative estimate of drug-likeness (QED) is 0.622. The van der Waals surface area contributed by atoms with Gasteiger partial charge in [-0.2, -0.15) is 0 Å². The lowest BCUT2D eigenvalue weighted by Gasteiger charge is -2.09. The summed E-state index contributed by atoms with van der Waals surface area (Å²) in [5.41, 5.74) is 0. The van der Waals surface area contributed by atoms with Gasteiger partial charge in [0.2, 0.25) is 0 Å². The molecule has 0 amide bonds. The highest BCUT2D eigenvalue weighted by Gasteiger charge is 2.02. The summed E-state index contributed by atoms with van der Waals surface area (Å²) in [6.45, 7) is 4.51. The zero-order chi connectivity index (χ0) is 7.11. The maximum atomic E-state index is 3.34. The standard InChI is InChI=1S/C8H16Br/c1-3-5-8(4-2)6-7-9/h7-8H,3-6H2,1-2H3. The van der Waals surface area contributed by atoms with Gasteiger partial charge in [0, 0.05) is 5.33 Å². The Morgan fingerprint density at radius 2 is 2.11 bits per heavy atom. The zero-order valence-corrected chi connectivity index (χ0v) is 7.95. The van der Waals surface area contributed by atoms with Crippen molar-refractivity contribution in [1.29, 1.82) is 0 Å². The Morgan fingerprint density at radius 1 is 1.44 bits per heavy atom. The fourth-order valence-corrected chi connectivity index (χ4v) is 1.55. The highest BCUT2D eigenvalue weighted by molar-refractivity contribution is 9.10. The summed E-state index contributed by atoms with van der Waals surface area (Å²) in [4.78, 5) is 0. The Hall–Kier alpha value is 0.480. The van der Waals surface area contributed by atoms with Gasteiger partial charge in [-0.25, -0.2) is 0 Å². The van der Waals surface area contributed by atoms with Gasteiger partial charge in [0.05, 0.1) is 0 Å². The molecule has 0 rings (SSSR count). The van der Waals surface area contributed by atoms with E-state index in [1.54, 1.807) is 0 Å². The van der Waals surface area contributed by atoms with Crippen LogP contribution in [0.2, 0.25) is 0 Å². The summed E-state index contributed by atoms with van der Waals surface area (Å²) < 4.78 is 0. The first-order valence-corrected chi connectivity index (χ1v) is 4.68. The van der Waals surface area contributed by atoms with Gasteiger partial charge in [-0.05, 0) is 12.3 Å². The highest BCUT2D eigenvalue weighted by Crippen LogP contribution is 2.17. The van der Waals surface area contributed by atoms with E-state index in [9.17, 15) is 0 Å². The van der Waals surface area contributed by atoms with Crippen molar-refractivity contribution in [3.05, 3.63) is 5.33 Å². The first kappa shape index (κ1) is 9.48. The minimum absolute atomic E-state index is 0.911. The summed E-state index contributed by atoms with van der Waals surface area (Å²) in [5.74, 6) is 0.911. The van der Waals surface area contributed by atoms with Crippen LogP contribution in [0.15, 0.2) is 0 Å². The van der Waals surface area contributed by atoms with Crippen molar-refractivity contribution >= 4 is 15.9 Å².